The third-order valence-corrected chi connectivity index (χ3v) is 2.93. The first-order valence-corrected chi connectivity index (χ1v) is 6.28. The Kier molecular flexibility index (Phi) is 6.74. The van der Waals surface area contributed by atoms with Crippen LogP contribution in [0.3, 0.4) is 0 Å². The molecule has 0 rings (SSSR count). The van der Waals surface area contributed by atoms with E-state index >= 15 is 0 Å². The molecule has 0 aromatic rings. The van der Waals surface area contributed by atoms with Crippen LogP contribution >= 0.6 is 0 Å². The number of rotatable bonds is 6. The highest BCUT2D eigenvalue weighted by atomic mass is 32.2. The number of carbonyl (C=O) groups is 1. The van der Waals surface area contributed by atoms with Gasteiger partial charge in [-0.2, -0.15) is 0 Å². The molecule has 0 saturated carbocycles. The molecular formula is C9H19NO3S. The lowest BCUT2D eigenvalue weighted by Gasteiger charge is -2.11. The van der Waals surface area contributed by atoms with Crippen LogP contribution in [0.5, 0.6) is 0 Å². The monoisotopic (exact) mass is 221 g/mol. The molecular weight excluding hydrogens is 202 g/mol. The number of carbonyl (C=O) groups excluding carboxylic acids is 1. The van der Waals surface area contributed by atoms with Crippen molar-refractivity contribution in [3.63, 3.8) is 0 Å². The van der Waals surface area contributed by atoms with Gasteiger partial charge in [0.05, 0.1) is 12.6 Å². The normalized spacial score (nSPS) is 15.2. The minimum atomic E-state index is -0.850. The Balaban J connectivity index is 3.54. The molecule has 0 aliphatic carbocycles. The van der Waals surface area contributed by atoms with Gasteiger partial charge in [-0.1, -0.05) is 0 Å². The van der Waals surface area contributed by atoms with E-state index in [1.54, 1.807) is 6.26 Å². The number of esters is 1. The number of nitrogens with one attached hydrogen (secondary N) is 1. The topological polar surface area (TPSA) is 55.4 Å². The second-order valence-corrected chi connectivity index (χ2v) is 5.28. The molecule has 0 aliphatic heterocycles. The Labute approximate surface area is 87.9 Å². The van der Waals surface area contributed by atoms with Crippen LogP contribution in [0, 0.1) is 0 Å². The van der Waals surface area contributed by atoms with Gasteiger partial charge >= 0.3 is 5.97 Å². The van der Waals surface area contributed by atoms with Crippen LogP contribution in [-0.4, -0.2) is 40.9 Å². The van der Waals surface area contributed by atoms with E-state index in [1.165, 1.54) is 0 Å². The molecule has 2 atom stereocenters. The average Bonchev–Trinajstić information content (AvgIpc) is 2.02. The fourth-order valence-electron chi connectivity index (χ4n) is 0.799. The van der Waals surface area contributed by atoms with Gasteiger partial charge in [-0.3, -0.25) is 9.00 Å². The highest BCUT2D eigenvalue weighted by Crippen LogP contribution is 1.90. The molecule has 4 nitrogen and oxygen atoms in total. The van der Waals surface area contributed by atoms with E-state index in [1.807, 2.05) is 20.8 Å². The predicted octanol–water partition coefficient (Wildman–Crippen LogP) is 0.295. The molecule has 0 heterocycles. The van der Waals surface area contributed by atoms with E-state index in [2.05, 4.69) is 5.32 Å². The Bertz CT molecular complexity index is 206. The Morgan fingerprint density at radius 1 is 1.43 bits per heavy atom. The van der Waals surface area contributed by atoms with Crippen molar-refractivity contribution in [2.24, 2.45) is 0 Å². The summed E-state index contributed by atoms with van der Waals surface area (Å²) < 4.78 is 15.9. The molecule has 0 bridgehead atoms. The summed E-state index contributed by atoms with van der Waals surface area (Å²) in [7, 11) is -0.850. The summed E-state index contributed by atoms with van der Waals surface area (Å²) >= 11 is 0. The summed E-state index contributed by atoms with van der Waals surface area (Å²) in [5.41, 5.74) is 0. The van der Waals surface area contributed by atoms with Crippen molar-refractivity contribution in [3.05, 3.63) is 0 Å². The van der Waals surface area contributed by atoms with Gasteiger partial charge in [-0.25, -0.2) is 0 Å². The highest BCUT2D eigenvalue weighted by Gasteiger charge is 2.08. The zero-order chi connectivity index (χ0) is 11.1. The molecule has 0 radical (unpaired) electrons. The Hall–Kier alpha value is -0.420. The van der Waals surface area contributed by atoms with E-state index in [4.69, 9.17) is 4.74 Å². The summed E-state index contributed by atoms with van der Waals surface area (Å²) in [5, 5.41) is 2.96. The summed E-state index contributed by atoms with van der Waals surface area (Å²) in [5.74, 6) is -0.269. The lowest BCUT2D eigenvalue weighted by molar-refractivity contribution is -0.146. The van der Waals surface area contributed by atoms with Crippen LogP contribution in [0.15, 0.2) is 0 Å². The summed E-state index contributed by atoms with van der Waals surface area (Å²) in [6, 6.07) is 0. The van der Waals surface area contributed by atoms with Gasteiger partial charge in [0.1, 0.15) is 0 Å². The van der Waals surface area contributed by atoms with Gasteiger partial charge in [-0.05, 0) is 20.8 Å². The van der Waals surface area contributed by atoms with Crippen LogP contribution in [0.1, 0.15) is 20.8 Å². The van der Waals surface area contributed by atoms with Crippen LogP contribution < -0.4 is 5.32 Å². The third-order valence-electron chi connectivity index (χ3n) is 1.63. The lowest BCUT2D eigenvalue weighted by atomic mass is 10.4. The Morgan fingerprint density at radius 3 is 2.43 bits per heavy atom. The Morgan fingerprint density at radius 2 is 2.00 bits per heavy atom. The van der Waals surface area contributed by atoms with E-state index in [0.29, 0.717) is 6.54 Å². The highest BCUT2D eigenvalue weighted by molar-refractivity contribution is 7.84. The largest absolute Gasteiger partial charge is 0.462 e. The predicted molar refractivity (Wildman–Crippen MR) is 57.6 cm³/mol. The van der Waals surface area contributed by atoms with Gasteiger partial charge < -0.3 is 10.1 Å². The minimum Gasteiger partial charge on any atom is -0.462 e. The summed E-state index contributed by atoms with van der Waals surface area (Å²) in [4.78, 5) is 11.0. The van der Waals surface area contributed by atoms with E-state index in [0.717, 1.165) is 0 Å². The van der Waals surface area contributed by atoms with Gasteiger partial charge in [0.2, 0.25) is 0 Å². The average molecular weight is 221 g/mol. The maximum absolute atomic E-state index is 11.0. The van der Waals surface area contributed by atoms with Gasteiger partial charge in [0.25, 0.3) is 0 Å². The first-order valence-electron chi connectivity index (χ1n) is 4.66. The molecule has 0 amide bonds. The van der Waals surface area contributed by atoms with Crippen LogP contribution in [0.2, 0.25) is 0 Å². The quantitative estimate of drug-likeness (QED) is 0.655. The lowest BCUT2D eigenvalue weighted by Crippen LogP contribution is -2.33. The van der Waals surface area contributed by atoms with Crippen molar-refractivity contribution < 1.29 is 13.7 Å². The number of hydrogen-bond acceptors (Lipinski definition) is 4. The minimum absolute atomic E-state index is 0.0573. The third kappa shape index (κ3) is 7.03. The van der Waals surface area contributed by atoms with Crippen molar-refractivity contribution in [2.75, 3.05) is 19.3 Å². The molecule has 1 N–H and O–H groups in total. The molecule has 0 spiro atoms. The van der Waals surface area contributed by atoms with Crippen molar-refractivity contribution in [1.82, 2.24) is 5.32 Å². The zero-order valence-corrected chi connectivity index (χ0v) is 10.0. The van der Waals surface area contributed by atoms with E-state index < -0.39 is 10.8 Å². The second-order valence-electron chi connectivity index (χ2n) is 3.48. The van der Waals surface area contributed by atoms with Gasteiger partial charge in [-0.15, -0.1) is 0 Å². The van der Waals surface area contributed by atoms with E-state index in [9.17, 15) is 9.00 Å². The van der Waals surface area contributed by atoms with Crippen molar-refractivity contribution in [1.29, 1.82) is 0 Å². The zero-order valence-electron chi connectivity index (χ0n) is 9.20. The maximum Gasteiger partial charge on any atom is 0.320 e. The first-order chi connectivity index (χ1) is 6.43. The first kappa shape index (κ1) is 13.6. The molecule has 0 saturated heterocycles. The van der Waals surface area contributed by atoms with Gasteiger partial charge in [0, 0.05) is 28.9 Å². The molecule has 2 unspecified atom stereocenters. The van der Waals surface area contributed by atoms with Crippen LogP contribution in [-0.2, 0) is 20.3 Å². The fraction of sp³-hybridized carbons (Fsp3) is 0.889. The molecule has 0 aromatic carbocycles. The summed E-state index contributed by atoms with van der Waals surface area (Å²) in [6.07, 6.45) is 1.57. The van der Waals surface area contributed by atoms with Gasteiger partial charge in [0.15, 0.2) is 0 Å². The van der Waals surface area contributed by atoms with Crippen molar-refractivity contribution in [2.45, 2.75) is 32.1 Å². The second kappa shape index (κ2) is 6.95. The molecule has 0 fully saturated rings. The van der Waals surface area contributed by atoms with Crippen LogP contribution in [0.4, 0.5) is 0 Å². The molecule has 14 heavy (non-hydrogen) atoms. The molecule has 5 heteroatoms. The van der Waals surface area contributed by atoms with Crippen LogP contribution in [0.25, 0.3) is 0 Å². The maximum atomic E-state index is 11.0. The summed E-state index contributed by atoms with van der Waals surface area (Å²) in [6.45, 7) is 6.23. The standard InChI is InChI=1S/C9H19NO3S/c1-7(2)13-9(11)6-10-5-8(3)14(4)12/h7-8,10H,5-6H2,1-4H3. The molecule has 0 aliphatic rings. The SMILES string of the molecule is CC(C)OC(=O)CNCC(C)S(C)=O. The number of hydrogen-bond donors (Lipinski definition) is 1. The fourth-order valence-corrected chi connectivity index (χ4v) is 1.15. The van der Waals surface area contributed by atoms with Crippen molar-refractivity contribution >= 4 is 16.8 Å². The van der Waals surface area contributed by atoms with E-state index in [-0.39, 0.29) is 23.9 Å². The van der Waals surface area contributed by atoms with Crippen molar-refractivity contribution in [3.8, 4) is 0 Å². The molecule has 0 aromatic heterocycles. The molecule has 84 valence electrons. The number of ether oxygens (including phenoxy) is 1. The smallest absolute Gasteiger partial charge is 0.320 e.